The molecule has 0 aliphatic heterocycles. The van der Waals surface area contributed by atoms with Crippen LogP contribution in [0, 0.1) is 11.3 Å². The van der Waals surface area contributed by atoms with Crippen molar-refractivity contribution in [3.63, 3.8) is 0 Å². The average Bonchev–Trinajstić information content (AvgIpc) is 2.69. The second kappa shape index (κ2) is 8.66. The Hall–Kier alpha value is -2.86. The summed E-state index contributed by atoms with van der Waals surface area (Å²) in [5, 5.41) is 11.9. The van der Waals surface area contributed by atoms with Gasteiger partial charge < -0.3 is 10.1 Å². The van der Waals surface area contributed by atoms with Gasteiger partial charge in [-0.25, -0.2) is 9.97 Å². The molecule has 1 aromatic heterocycles. The van der Waals surface area contributed by atoms with E-state index in [0.717, 1.165) is 12.1 Å². The van der Waals surface area contributed by atoms with Gasteiger partial charge in [-0.05, 0) is 43.9 Å². The lowest BCUT2D eigenvalue weighted by Gasteiger charge is -2.29. The van der Waals surface area contributed by atoms with E-state index in [9.17, 15) is 18.0 Å². The normalized spacial score (nSPS) is 19.3. The molecule has 1 fully saturated rings. The predicted octanol–water partition coefficient (Wildman–Crippen LogP) is 4.14. The third kappa shape index (κ3) is 5.35. The van der Waals surface area contributed by atoms with Crippen LogP contribution in [-0.2, 0) is 6.18 Å². The Morgan fingerprint density at radius 2 is 1.93 bits per heavy atom. The summed E-state index contributed by atoms with van der Waals surface area (Å²) in [6.45, 7) is 0. The number of aromatic nitrogens is 2. The van der Waals surface area contributed by atoms with Crippen molar-refractivity contribution >= 4 is 17.5 Å². The first-order valence-electron chi connectivity index (χ1n) is 8.82. The van der Waals surface area contributed by atoms with Crippen LogP contribution in [0.3, 0.4) is 0 Å². The molecule has 1 aliphatic rings. The number of carbonyl (C=O) groups excluding carboxylic acids is 1. The fraction of sp³-hybridized carbons (Fsp3) is 0.368. The van der Waals surface area contributed by atoms with Crippen LogP contribution >= 0.6 is 11.6 Å². The molecule has 152 valence electrons. The van der Waals surface area contributed by atoms with Gasteiger partial charge in [0.2, 0.25) is 0 Å². The van der Waals surface area contributed by atoms with Gasteiger partial charge in [-0.3, -0.25) is 4.79 Å². The van der Waals surface area contributed by atoms with Crippen molar-refractivity contribution in [3.8, 4) is 11.8 Å². The highest BCUT2D eigenvalue weighted by molar-refractivity contribution is 6.29. The van der Waals surface area contributed by atoms with Gasteiger partial charge in [0.05, 0.1) is 35.7 Å². The minimum atomic E-state index is -4.63. The molecular formula is C19H16ClF3N4O2. The summed E-state index contributed by atoms with van der Waals surface area (Å²) in [5.74, 6) is -0.291. The lowest BCUT2D eigenvalue weighted by Crippen LogP contribution is -2.40. The monoisotopic (exact) mass is 424 g/mol. The summed E-state index contributed by atoms with van der Waals surface area (Å²) in [6.07, 6.45) is 0.0321. The maximum Gasteiger partial charge on any atom is 0.417 e. The van der Waals surface area contributed by atoms with E-state index >= 15 is 0 Å². The molecular weight excluding hydrogens is 409 g/mol. The number of ether oxygens (including phenoxy) is 1. The van der Waals surface area contributed by atoms with Crippen molar-refractivity contribution in [1.82, 2.24) is 15.3 Å². The van der Waals surface area contributed by atoms with Crippen LogP contribution in [0.1, 0.15) is 47.3 Å². The fourth-order valence-corrected chi connectivity index (χ4v) is 3.23. The number of hydrogen-bond donors (Lipinski definition) is 1. The van der Waals surface area contributed by atoms with E-state index in [-0.39, 0.29) is 34.6 Å². The van der Waals surface area contributed by atoms with Gasteiger partial charge in [0.1, 0.15) is 16.6 Å². The Labute approximate surface area is 169 Å². The maximum absolute atomic E-state index is 13.1. The third-order valence-corrected chi connectivity index (χ3v) is 4.78. The highest BCUT2D eigenvalue weighted by Gasteiger charge is 2.34. The quantitative estimate of drug-likeness (QED) is 0.796. The van der Waals surface area contributed by atoms with Gasteiger partial charge in [-0.1, -0.05) is 11.6 Å². The molecule has 1 aliphatic carbocycles. The van der Waals surface area contributed by atoms with Crippen molar-refractivity contribution in [3.05, 3.63) is 52.6 Å². The SMILES string of the molecule is N#Cc1ccc(O[C@H]2CC[C@H](NC(=O)c3cnc(Cl)cn3)CC2)cc1C(F)(F)F. The average molecular weight is 425 g/mol. The minimum absolute atomic E-state index is 0.0697. The molecule has 0 spiro atoms. The Balaban J connectivity index is 1.55. The van der Waals surface area contributed by atoms with Crippen LogP contribution in [0.15, 0.2) is 30.6 Å². The zero-order valence-electron chi connectivity index (χ0n) is 15.0. The van der Waals surface area contributed by atoms with Gasteiger partial charge in [0.15, 0.2) is 0 Å². The van der Waals surface area contributed by atoms with Gasteiger partial charge in [-0.15, -0.1) is 0 Å². The van der Waals surface area contributed by atoms with Crippen LogP contribution in [0.2, 0.25) is 5.15 Å². The van der Waals surface area contributed by atoms with Crippen LogP contribution in [0.4, 0.5) is 13.2 Å². The minimum Gasteiger partial charge on any atom is -0.490 e. The molecule has 0 atom stereocenters. The van der Waals surface area contributed by atoms with Crippen LogP contribution in [0.5, 0.6) is 5.75 Å². The van der Waals surface area contributed by atoms with Crippen molar-refractivity contribution < 1.29 is 22.7 Å². The summed E-state index contributed by atoms with van der Waals surface area (Å²) >= 11 is 5.64. The van der Waals surface area contributed by atoms with Crippen molar-refractivity contribution in [2.45, 2.75) is 44.0 Å². The standard InChI is InChI=1S/C19H16ClF3N4O2/c20-17-10-25-16(9-26-17)18(28)27-12-2-5-13(6-3-12)29-14-4-1-11(8-24)15(7-14)19(21,22)23/h1,4,7,9-10,12-13H,2-3,5-6H2,(H,27,28)/t12-,13-. The molecule has 0 saturated heterocycles. The van der Waals surface area contributed by atoms with Gasteiger partial charge in [0, 0.05) is 6.04 Å². The predicted molar refractivity (Wildman–Crippen MR) is 97.3 cm³/mol. The number of carbonyl (C=O) groups is 1. The zero-order valence-corrected chi connectivity index (χ0v) is 15.8. The number of alkyl halides is 3. The van der Waals surface area contributed by atoms with E-state index in [1.165, 1.54) is 18.5 Å². The number of benzene rings is 1. The molecule has 1 saturated carbocycles. The summed E-state index contributed by atoms with van der Waals surface area (Å²) < 4.78 is 44.9. The Morgan fingerprint density at radius 3 is 2.52 bits per heavy atom. The maximum atomic E-state index is 13.1. The molecule has 1 N–H and O–H groups in total. The van der Waals surface area contributed by atoms with Gasteiger partial charge in [0.25, 0.3) is 5.91 Å². The molecule has 10 heteroatoms. The largest absolute Gasteiger partial charge is 0.490 e. The molecule has 1 aromatic carbocycles. The lowest BCUT2D eigenvalue weighted by atomic mass is 9.92. The zero-order chi connectivity index (χ0) is 21.0. The highest BCUT2D eigenvalue weighted by Crippen LogP contribution is 2.35. The molecule has 0 unspecified atom stereocenters. The van der Waals surface area contributed by atoms with E-state index in [2.05, 4.69) is 15.3 Å². The third-order valence-electron chi connectivity index (χ3n) is 4.58. The molecule has 1 amide bonds. The fourth-order valence-electron chi connectivity index (χ4n) is 3.14. The highest BCUT2D eigenvalue weighted by atomic mass is 35.5. The Kier molecular flexibility index (Phi) is 6.23. The molecule has 6 nitrogen and oxygen atoms in total. The Bertz CT molecular complexity index is 921. The van der Waals surface area contributed by atoms with Crippen LogP contribution in [-0.4, -0.2) is 28.0 Å². The second-order valence-electron chi connectivity index (χ2n) is 6.61. The number of amides is 1. The summed E-state index contributed by atoms with van der Waals surface area (Å²) in [7, 11) is 0. The summed E-state index contributed by atoms with van der Waals surface area (Å²) in [4.78, 5) is 19.9. The first-order valence-corrected chi connectivity index (χ1v) is 9.20. The van der Waals surface area contributed by atoms with Crippen molar-refractivity contribution in [2.24, 2.45) is 0 Å². The molecule has 2 aromatic rings. The number of nitriles is 1. The second-order valence-corrected chi connectivity index (χ2v) is 6.99. The molecule has 1 heterocycles. The van der Waals surface area contributed by atoms with E-state index in [4.69, 9.17) is 21.6 Å². The number of halogens is 4. The lowest BCUT2D eigenvalue weighted by molar-refractivity contribution is -0.137. The van der Waals surface area contributed by atoms with Gasteiger partial charge >= 0.3 is 6.18 Å². The van der Waals surface area contributed by atoms with E-state index in [1.807, 2.05) is 0 Å². The number of hydrogen-bond acceptors (Lipinski definition) is 5. The molecule has 29 heavy (non-hydrogen) atoms. The van der Waals surface area contributed by atoms with Crippen molar-refractivity contribution in [1.29, 1.82) is 5.26 Å². The molecule has 0 bridgehead atoms. The molecule has 3 rings (SSSR count). The van der Waals surface area contributed by atoms with Crippen LogP contribution in [0.25, 0.3) is 0 Å². The van der Waals surface area contributed by atoms with Gasteiger partial charge in [-0.2, -0.15) is 18.4 Å². The first-order chi connectivity index (χ1) is 13.8. The van der Waals surface area contributed by atoms with E-state index in [0.29, 0.717) is 25.7 Å². The van der Waals surface area contributed by atoms with E-state index < -0.39 is 17.3 Å². The number of nitrogens with one attached hydrogen (secondary N) is 1. The molecule has 0 radical (unpaired) electrons. The number of nitrogens with zero attached hydrogens (tertiary/aromatic N) is 3. The Morgan fingerprint density at radius 1 is 1.21 bits per heavy atom. The summed E-state index contributed by atoms with van der Waals surface area (Å²) in [5.41, 5.74) is -1.30. The smallest absolute Gasteiger partial charge is 0.417 e. The number of rotatable bonds is 4. The first kappa shape index (κ1) is 20.9. The van der Waals surface area contributed by atoms with Crippen LogP contribution < -0.4 is 10.1 Å². The van der Waals surface area contributed by atoms with Crippen molar-refractivity contribution in [2.75, 3.05) is 0 Å². The topological polar surface area (TPSA) is 87.9 Å². The van der Waals surface area contributed by atoms with E-state index in [1.54, 1.807) is 6.07 Å². The summed E-state index contributed by atoms with van der Waals surface area (Å²) in [6, 6.07) is 4.77.